The van der Waals surface area contributed by atoms with Gasteiger partial charge in [0.15, 0.2) is 5.78 Å². The van der Waals surface area contributed by atoms with Crippen LogP contribution in [-0.2, 0) is 16.0 Å². The molecule has 2 atom stereocenters. The van der Waals surface area contributed by atoms with Gasteiger partial charge in [0.25, 0.3) is 0 Å². The van der Waals surface area contributed by atoms with Gasteiger partial charge in [-0.3, -0.25) is 9.59 Å². The van der Waals surface area contributed by atoms with Gasteiger partial charge in [0.05, 0.1) is 5.56 Å². The molecule has 0 N–H and O–H groups in total. The van der Waals surface area contributed by atoms with Crippen LogP contribution in [0.3, 0.4) is 0 Å². The van der Waals surface area contributed by atoms with Gasteiger partial charge in [-0.2, -0.15) is 0 Å². The fourth-order valence-electron chi connectivity index (χ4n) is 3.32. The van der Waals surface area contributed by atoms with E-state index in [1.54, 1.807) is 42.5 Å². The molecule has 0 bridgehead atoms. The van der Waals surface area contributed by atoms with Crippen molar-refractivity contribution in [2.24, 2.45) is 11.8 Å². The summed E-state index contributed by atoms with van der Waals surface area (Å²) in [4.78, 5) is 37.2. The van der Waals surface area contributed by atoms with Gasteiger partial charge in [-0.25, -0.2) is 0 Å². The number of rotatable bonds is 5. The summed E-state index contributed by atoms with van der Waals surface area (Å²) in [7, 11) is 0. The van der Waals surface area contributed by atoms with Gasteiger partial charge < -0.3 is 9.53 Å². The molecular formula is C20H16Cl2NaO4+. The normalized spacial score (nSPS) is 16.8. The van der Waals surface area contributed by atoms with E-state index in [2.05, 4.69) is 0 Å². The van der Waals surface area contributed by atoms with Crippen molar-refractivity contribution in [3.63, 3.8) is 0 Å². The van der Waals surface area contributed by atoms with Crippen molar-refractivity contribution in [2.75, 3.05) is 0 Å². The van der Waals surface area contributed by atoms with Crippen LogP contribution in [0, 0.1) is 11.8 Å². The predicted octanol–water partition coefficient (Wildman–Crippen LogP) is 1.55. The van der Waals surface area contributed by atoms with Gasteiger partial charge in [0.2, 0.25) is 0 Å². The fraction of sp³-hybridized carbons (Fsp3) is 0.250. The number of para-hydroxylation sites is 1. The first-order chi connectivity index (χ1) is 12.3. The molecule has 2 unspecified atom stereocenters. The van der Waals surface area contributed by atoms with E-state index in [1.807, 2.05) is 0 Å². The van der Waals surface area contributed by atoms with Crippen LogP contribution in [0.25, 0.3) is 0 Å². The molecule has 0 aromatic heterocycles. The number of esters is 1. The quantitative estimate of drug-likeness (QED) is 0.323. The van der Waals surface area contributed by atoms with Crippen LogP contribution >= 0.6 is 23.2 Å². The molecule has 0 fully saturated rings. The number of ether oxygens (including phenoxy) is 1. The van der Waals surface area contributed by atoms with E-state index < -0.39 is 17.8 Å². The molecule has 4 nitrogen and oxygen atoms in total. The number of carbonyl (C=O) groups excluding carboxylic acids is 3. The number of fused-ring (bicyclic) bond motifs is 1. The topological polar surface area (TPSA) is 60.4 Å². The molecule has 0 radical (unpaired) electrons. The number of benzene rings is 2. The molecule has 0 saturated carbocycles. The third kappa shape index (κ3) is 5.21. The van der Waals surface area contributed by atoms with E-state index in [9.17, 15) is 14.4 Å². The second-order valence-corrected chi connectivity index (χ2v) is 7.28. The van der Waals surface area contributed by atoms with Gasteiger partial charge in [0, 0.05) is 16.5 Å². The van der Waals surface area contributed by atoms with Crippen molar-refractivity contribution in [1.82, 2.24) is 0 Å². The molecule has 1 aliphatic heterocycles. The Kier molecular flexibility index (Phi) is 7.66. The Morgan fingerprint density at radius 2 is 1.74 bits per heavy atom. The SMILES string of the molecule is CC(=O)CC(Cc1cc(Cl)cc(Cl)c1)C1C(=O)Oc2ccccc2C1=O.[Na+]. The molecular weight excluding hydrogens is 398 g/mol. The molecule has 0 saturated heterocycles. The van der Waals surface area contributed by atoms with Gasteiger partial charge in [0.1, 0.15) is 17.5 Å². The van der Waals surface area contributed by atoms with Gasteiger partial charge in [-0.15, -0.1) is 0 Å². The predicted molar refractivity (Wildman–Crippen MR) is 98.9 cm³/mol. The Bertz CT molecular complexity index is 877. The fourth-order valence-corrected chi connectivity index (χ4v) is 3.89. The number of hydrogen-bond donors (Lipinski definition) is 0. The van der Waals surface area contributed by atoms with Crippen molar-refractivity contribution < 1.29 is 48.7 Å². The number of ketones is 2. The molecule has 27 heavy (non-hydrogen) atoms. The van der Waals surface area contributed by atoms with Crippen LogP contribution in [0.5, 0.6) is 5.75 Å². The molecule has 134 valence electrons. The molecule has 3 rings (SSSR count). The second-order valence-electron chi connectivity index (χ2n) is 6.41. The minimum Gasteiger partial charge on any atom is -0.425 e. The Hall–Kier alpha value is -1.17. The zero-order valence-electron chi connectivity index (χ0n) is 15.0. The summed E-state index contributed by atoms with van der Waals surface area (Å²) in [6, 6.07) is 11.6. The van der Waals surface area contributed by atoms with Gasteiger partial charge >= 0.3 is 35.5 Å². The molecule has 0 spiro atoms. The summed E-state index contributed by atoms with van der Waals surface area (Å²) in [5, 5.41) is 0.911. The van der Waals surface area contributed by atoms with Crippen LogP contribution in [0.1, 0.15) is 29.3 Å². The summed E-state index contributed by atoms with van der Waals surface area (Å²) in [5.74, 6) is -2.38. The molecule has 2 aromatic rings. The van der Waals surface area contributed by atoms with E-state index >= 15 is 0 Å². The summed E-state index contributed by atoms with van der Waals surface area (Å²) < 4.78 is 5.34. The van der Waals surface area contributed by atoms with Crippen LogP contribution in [0.4, 0.5) is 0 Å². The second kappa shape index (κ2) is 9.35. The maximum absolute atomic E-state index is 12.9. The standard InChI is InChI=1S/C20H16Cl2O4.Na/c1-11(23)6-13(7-12-8-14(21)10-15(22)9-12)18-19(24)16-4-2-3-5-17(16)26-20(18)25;/h2-5,8-10,13,18H,6-7H2,1H3;/q;+1. The number of halogens is 2. The van der Waals surface area contributed by atoms with Crippen molar-refractivity contribution in [3.05, 3.63) is 63.6 Å². The minimum atomic E-state index is -1.04. The smallest absolute Gasteiger partial charge is 0.425 e. The van der Waals surface area contributed by atoms with Crippen LogP contribution in [0.15, 0.2) is 42.5 Å². The zero-order valence-corrected chi connectivity index (χ0v) is 18.5. The van der Waals surface area contributed by atoms with E-state index in [4.69, 9.17) is 27.9 Å². The molecule has 2 aromatic carbocycles. The van der Waals surface area contributed by atoms with Crippen molar-refractivity contribution in [1.29, 1.82) is 0 Å². The number of carbonyl (C=O) groups is 3. The Morgan fingerprint density at radius 1 is 1.11 bits per heavy atom. The van der Waals surface area contributed by atoms with E-state index in [-0.39, 0.29) is 53.3 Å². The first-order valence-corrected chi connectivity index (χ1v) is 8.90. The van der Waals surface area contributed by atoms with Crippen molar-refractivity contribution in [3.8, 4) is 5.75 Å². The third-order valence-electron chi connectivity index (χ3n) is 4.34. The molecule has 7 heteroatoms. The maximum atomic E-state index is 12.9. The van der Waals surface area contributed by atoms with Crippen molar-refractivity contribution >= 4 is 40.7 Å². The van der Waals surface area contributed by atoms with Gasteiger partial charge in [-0.05, 0) is 55.2 Å². The number of hydrogen-bond acceptors (Lipinski definition) is 4. The monoisotopic (exact) mass is 413 g/mol. The van der Waals surface area contributed by atoms with E-state index in [1.165, 1.54) is 6.92 Å². The van der Waals surface area contributed by atoms with E-state index in [0.717, 1.165) is 5.56 Å². The third-order valence-corrected chi connectivity index (χ3v) is 4.78. The Labute approximate surface area is 189 Å². The summed E-state index contributed by atoms with van der Waals surface area (Å²) in [6.45, 7) is 1.44. The van der Waals surface area contributed by atoms with Crippen LogP contribution in [-0.4, -0.2) is 17.5 Å². The Balaban J connectivity index is 0.00000261. The van der Waals surface area contributed by atoms with Crippen LogP contribution < -0.4 is 34.3 Å². The molecule has 0 amide bonds. The van der Waals surface area contributed by atoms with Gasteiger partial charge in [-0.1, -0.05) is 35.3 Å². The Morgan fingerprint density at radius 3 is 2.37 bits per heavy atom. The minimum absolute atomic E-state index is 0. The average molecular weight is 414 g/mol. The maximum Gasteiger partial charge on any atom is 1.00 e. The number of Topliss-reactive ketones (excluding diaryl/α,β-unsaturated/α-hetero) is 2. The van der Waals surface area contributed by atoms with E-state index in [0.29, 0.717) is 22.0 Å². The first-order valence-electron chi connectivity index (χ1n) is 8.14. The summed E-state index contributed by atoms with van der Waals surface area (Å²) in [6.07, 6.45) is 0.394. The molecule has 1 aliphatic rings. The average Bonchev–Trinajstić information content (AvgIpc) is 2.53. The van der Waals surface area contributed by atoms with Crippen LogP contribution in [0.2, 0.25) is 10.0 Å². The summed E-state index contributed by atoms with van der Waals surface area (Å²) in [5.41, 5.74) is 1.11. The molecule has 0 aliphatic carbocycles. The zero-order chi connectivity index (χ0) is 18.8. The largest absolute Gasteiger partial charge is 1.00 e. The first kappa shape index (κ1) is 22.1. The summed E-state index contributed by atoms with van der Waals surface area (Å²) >= 11 is 12.1. The van der Waals surface area contributed by atoms with Crippen molar-refractivity contribution in [2.45, 2.75) is 19.8 Å². The molecule has 1 heterocycles.